The first-order valence-electron chi connectivity index (χ1n) is 8.47. The number of hydrogen-bond acceptors (Lipinski definition) is 3. The van der Waals surface area contributed by atoms with Gasteiger partial charge in [0.25, 0.3) is 0 Å². The second-order valence-corrected chi connectivity index (χ2v) is 8.31. The molecule has 1 heterocycles. The quantitative estimate of drug-likeness (QED) is 0.841. The van der Waals surface area contributed by atoms with Crippen LogP contribution in [0, 0.1) is 17.5 Å². The van der Waals surface area contributed by atoms with Crippen molar-refractivity contribution in [2.24, 2.45) is 0 Å². The molecule has 0 bridgehead atoms. The summed E-state index contributed by atoms with van der Waals surface area (Å²) in [7, 11) is -3.84. The molecule has 1 aliphatic heterocycles. The Kier molecular flexibility index (Phi) is 5.61. The van der Waals surface area contributed by atoms with Crippen LogP contribution in [0.2, 0.25) is 0 Å². The minimum atomic E-state index is -3.84. The molecule has 6 nitrogen and oxygen atoms in total. The van der Waals surface area contributed by atoms with Crippen LogP contribution in [0.1, 0.15) is 6.92 Å². The monoisotopic (exact) mass is 413 g/mol. The molecule has 2 aromatic carbocycles. The van der Waals surface area contributed by atoms with Crippen LogP contribution in [0.25, 0.3) is 0 Å². The minimum absolute atomic E-state index is 0.0280. The smallest absolute Gasteiger partial charge is 0.322 e. The number of amides is 2. The van der Waals surface area contributed by atoms with E-state index in [4.69, 9.17) is 0 Å². The topological polar surface area (TPSA) is 69.7 Å². The highest BCUT2D eigenvalue weighted by molar-refractivity contribution is 7.89. The fourth-order valence-electron chi connectivity index (χ4n) is 3.01. The average Bonchev–Trinajstić information content (AvgIpc) is 2.64. The van der Waals surface area contributed by atoms with Crippen LogP contribution in [0.4, 0.5) is 23.7 Å². The molecule has 2 amide bonds. The van der Waals surface area contributed by atoms with Gasteiger partial charge < -0.3 is 10.2 Å². The number of sulfonamides is 1. The molecule has 0 aromatic heterocycles. The Hall–Kier alpha value is -2.59. The SMILES string of the molecule is CC1CN(C(=O)Nc2ccc(F)cc2F)CCN1S(=O)(=O)c1ccc(F)cc1. The van der Waals surface area contributed by atoms with E-state index in [1.165, 1.54) is 21.3 Å². The molecular formula is C18H18F3N3O3S. The van der Waals surface area contributed by atoms with Crippen LogP contribution >= 0.6 is 0 Å². The van der Waals surface area contributed by atoms with E-state index in [-0.39, 0.29) is 30.2 Å². The molecule has 0 aliphatic carbocycles. The van der Waals surface area contributed by atoms with Crippen molar-refractivity contribution in [2.75, 3.05) is 25.0 Å². The molecule has 1 atom stereocenters. The highest BCUT2D eigenvalue weighted by Crippen LogP contribution is 2.22. The number of benzene rings is 2. The number of nitrogens with zero attached hydrogens (tertiary/aromatic N) is 2. The lowest BCUT2D eigenvalue weighted by Crippen LogP contribution is -2.56. The Morgan fingerprint density at radius 1 is 1.04 bits per heavy atom. The van der Waals surface area contributed by atoms with E-state index >= 15 is 0 Å². The Morgan fingerprint density at radius 3 is 2.29 bits per heavy atom. The van der Waals surface area contributed by atoms with E-state index in [0.29, 0.717) is 6.07 Å². The first-order valence-corrected chi connectivity index (χ1v) is 9.91. The lowest BCUT2D eigenvalue weighted by molar-refractivity contribution is 0.157. The maximum atomic E-state index is 13.7. The first-order chi connectivity index (χ1) is 13.2. The molecule has 150 valence electrons. The predicted octanol–water partition coefficient (Wildman–Crippen LogP) is 3.03. The van der Waals surface area contributed by atoms with Crippen molar-refractivity contribution in [2.45, 2.75) is 17.9 Å². The van der Waals surface area contributed by atoms with Gasteiger partial charge in [0, 0.05) is 31.7 Å². The zero-order chi connectivity index (χ0) is 20.5. The summed E-state index contributed by atoms with van der Waals surface area (Å²) in [5, 5.41) is 2.35. The summed E-state index contributed by atoms with van der Waals surface area (Å²) < 4.78 is 66.5. The number of carbonyl (C=O) groups is 1. The highest BCUT2D eigenvalue weighted by Gasteiger charge is 2.35. The van der Waals surface area contributed by atoms with Crippen LogP contribution in [0.5, 0.6) is 0 Å². The molecule has 0 radical (unpaired) electrons. The number of rotatable bonds is 3. The van der Waals surface area contributed by atoms with Crippen LogP contribution < -0.4 is 5.32 Å². The lowest BCUT2D eigenvalue weighted by Gasteiger charge is -2.38. The van der Waals surface area contributed by atoms with E-state index < -0.39 is 39.5 Å². The largest absolute Gasteiger partial charge is 0.322 e. The average molecular weight is 413 g/mol. The minimum Gasteiger partial charge on any atom is -0.322 e. The summed E-state index contributed by atoms with van der Waals surface area (Å²) >= 11 is 0. The molecule has 3 rings (SSSR count). The van der Waals surface area contributed by atoms with Crippen molar-refractivity contribution in [1.82, 2.24) is 9.21 Å². The number of piperazine rings is 1. The molecular weight excluding hydrogens is 395 g/mol. The zero-order valence-electron chi connectivity index (χ0n) is 14.9. The summed E-state index contributed by atoms with van der Waals surface area (Å²) in [5.74, 6) is -2.20. The van der Waals surface area contributed by atoms with Crippen molar-refractivity contribution < 1.29 is 26.4 Å². The van der Waals surface area contributed by atoms with Gasteiger partial charge in [-0.2, -0.15) is 4.31 Å². The molecule has 1 saturated heterocycles. The molecule has 1 aliphatic rings. The van der Waals surface area contributed by atoms with Gasteiger partial charge in [0.15, 0.2) is 0 Å². The third-order valence-corrected chi connectivity index (χ3v) is 6.47. The second kappa shape index (κ2) is 7.80. The van der Waals surface area contributed by atoms with E-state index in [1.807, 2.05) is 0 Å². The Labute approximate surface area is 160 Å². The van der Waals surface area contributed by atoms with Gasteiger partial charge in [-0.3, -0.25) is 0 Å². The molecule has 28 heavy (non-hydrogen) atoms. The Bertz CT molecular complexity index is 983. The van der Waals surface area contributed by atoms with Crippen molar-refractivity contribution in [3.8, 4) is 0 Å². The van der Waals surface area contributed by atoms with E-state index in [2.05, 4.69) is 5.32 Å². The number of nitrogens with one attached hydrogen (secondary N) is 1. The van der Waals surface area contributed by atoms with Gasteiger partial charge in [0.2, 0.25) is 10.0 Å². The molecule has 0 spiro atoms. The standard InChI is InChI=1S/C18H18F3N3O3S/c1-12-11-23(18(25)22-17-7-4-14(20)10-16(17)21)8-9-24(12)28(26,27)15-5-2-13(19)3-6-15/h2-7,10,12H,8-9,11H2,1H3,(H,22,25). The number of anilines is 1. The van der Waals surface area contributed by atoms with Gasteiger partial charge in [0.1, 0.15) is 17.5 Å². The van der Waals surface area contributed by atoms with Crippen molar-refractivity contribution >= 4 is 21.7 Å². The summed E-state index contributed by atoms with van der Waals surface area (Å²) in [6.07, 6.45) is 0. The van der Waals surface area contributed by atoms with Gasteiger partial charge in [-0.1, -0.05) is 0 Å². The van der Waals surface area contributed by atoms with Crippen LogP contribution in [0.15, 0.2) is 47.4 Å². The van der Waals surface area contributed by atoms with E-state index in [1.54, 1.807) is 6.92 Å². The summed E-state index contributed by atoms with van der Waals surface area (Å²) in [5.41, 5.74) is -0.166. The van der Waals surface area contributed by atoms with Crippen LogP contribution in [0.3, 0.4) is 0 Å². The summed E-state index contributed by atoms with van der Waals surface area (Å²) in [6, 6.07) is 6.14. The normalized spacial score (nSPS) is 18.1. The van der Waals surface area contributed by atoms with Crippen molar-refractivity contribution in [3.63, 3.8) is 0 Å². The van der Waals surface area contributed by atoms with Crippen LogP contribution in [-0.4, -0.2) is 49.3 Å². The molecule has 0 saturated carbocycles. The Balaban J connectivity index is 1.69. The number of hydrogen-bond donors (Lipinski definition) is 1. The van der Waals surface area contributed by atoms with Crippen molar-refractivity contribution in [3.05, 3.63) is 59.9 Å². The third-order valence-electron chi connectivity index (χ3n) is 4.45. The van der Waals surface area contributed by atoms with Gasteiger partial charge in [-0.05, 0) is 43.3 Å². The van der Waals surface area contributed by atoms with E-state index in [0.717, 1.165) is 24.3 Å². The Morgan fingerprint density at radius 2 is 1.68 bits per heavy atom. The second-order valence-electron chi connectivity index (χ2n) is 6.42. The summed E-state index contributed by atoms with van der Waals surface area (Å²) in [4.78, 5) is 13.7. The van der Waals surface area contributed by atoms with Gasteiger partial charge in [-0.25, -0.2) is 26.4 Å². The molecule has 10 heteroatoms. The van der Waals surface area contributed by atoms with Crippen molar-refractivity contribution in [1.29, 1.82) is 0 Å². The molecule has 1 unspecified atom stereocenters. The van der Waals surface area contributed by atoms with Gasteiger partial charge in [-0.15, -0.1) is 0 Å². The molecule has 2 aromatic rings. The fourth-order valence-corrected chi connectivity index (χ4v) is 4.62. The fraction of sp³-hybridized carbons (Fsp3) is 0.278. The molecule has 1 N–H and O–H groups in total. The number of carbonyl (C=O) groups excluding carboxylic acids is 1. The van der Waals surface area contributed by atoms with Gasteiger partial charge >= 0.3 is 6.03 Å². The van der Waals surface area contributed by atoms with E-state index in [9.17, 15) is 26.4 Å². The zero-order valence-corrected chi connectivity index (χ0v) is 15.7. The van der Waals surface area contributed by atoms with Crippen LogP contribution in [-0.2, 0) is 10.0 Å². The predicted molar refractivity (Wildman–Crippen MR) is 96.7 cm³/mol. The maximum absolute atomic E-state index is 13.7. The van der Waals surface area contributed by atoms with Gasteiger partial charge in [0.05, 0.1) is 10.6 Å². The number of halogens is 3. The maximum Gasteiger partial charge on any atom is 0.322 e. The number of urea groups is 1. The first kappa shape index (κ1) is 20.2. The lowest BCUT2D eigenvalue weighted by atomic mass is 10.2. The molecule has 1 fully saturated rings. The highest BCUT2D eigenvalue weighted by atomic mass is 32.2. The summed E-state index contributed by atoms with van der Waals surface area (Å²) in [6.45, 7) is 1.83. The third kappa shape index (κ3) is 4.12.